The van der Waals surface area contributed by atoms with Gasteiger partial charge in [0.2, 0.25) is 0 Å². The van der Waals surface area contributed by atoms with Gasteiger partial charge in [-0.3, -0.25) is 17.2 Å². The van der Waals surface area contributed by atoms with Gasteiger partial charge in [-0.05, 0) is 71.5 Å². The van der Waals surface area contributed by atoms with Gasteiger partial charge in [-0.25, -0.2) is 0 Å². The number of nitrogens with two attached hydrogens (primary N) is 3. The van der Waals surface area contributed by atoms with Crippen LogP contribution in [0.15, 0.2) is 97.1 Å². The molecule has 0 bridgehead atoms. The van der Waals surface area contributed by atoms with E-state index in [0.29, 0.717) is 11.5 Å². The Morgan fingerprint density at radius 3 is 2.26 bits per heavy atom. The van der Waals surface area contributed by atoms with Crippen molar-refractivity contribution in [2.75, 3.05) is 7.11 Å². The predicted octanol–water partition coefficient (Wildman–Crippen LogP) is 6.14. The molecule has 0 saturated heterocycles. The normalized spacial score (nSPS) is 17.2. The van der Waals surface area contributed by atoms with Crippen molar-refractivity contribution in [3.05, 3.63) is 130 Å². The lowest BCUT2D eigenvalue weighted by Gasteiger charge is -2.39. The van der Waals surface area contributed by atoms with Crippen molar-refractivity contribution in [1.82, 2.24) is 0 Å². The number of benzene rings is 5. The van der Waals surface area contributed by atoms with Crippen LogP contribution in [0.1, 0.15) is 33.4 Å². The van der Waals surface area contributed by atoms with Crippen molar-refractivity contribution < 1.29 is 14.2 Å². The second-order valence-corrected chi connectivity index (χ2v) is 11.2. The molecule has 1 atom stereocenters. The number of aryl methyl sites for hydroxylation is 2. The summed E-state index contributed by atoms with van der Waals surface area (Å²) < 4.78 is 18.6. The third-order valence-corrected chi connectivity index (χ3v) is 8.35. The largest absolute Gasteiger partial charge is 0.493 e. The molecule has 1 aliphatic heterocycles. The quantitative estimate of drug-likeness (QED) is 0.225. The van der Waals surface area contributed by atoms with E-state index < -0.39 is 11.6 Å². The molecule has 6 nitrogen and oxygen atoms in total. The fourth-order valence-corrected chi connectivity index (χ4v) is 6.42. The minimum atomic E-state index is -1.88. The molecule has 0 saturated carbocycles. The lowest BCUT2D eigenvalue weighted by atomic mass is 9.78. The Bertz CT molecular complexity index is 1870. The molecule has 6 N–H and O–H groups in total. The van der Waals surface area contributed by atoms with Crippen LogP contribution in [0.4, 0.5) is 0 Å². The van der Waals surface area contributed by atoms with Gasteiger partial charge in [-0.15, -0.1) is 0 Å². The number of hydrogen-bond acceptors (Lipinski definition) is 6. The van der Waals surface area contributed by atoms with Crippen LogP contribution >= 0.6 is 0 Å². The molecule has 1 heterocycles. The van der Waals surface area contributed by atoms with E-state index in [0.717, 1.165) is 46.2 Å². The maximum Gasteiger partial charge on any atom is 0.271 e. The van der Waals surface area contributed by atoms with Crippen LogP contribution in [0.5, 0.6) is 17.2 Å². The Balaban J connectivity index is 1.50. The summed E-state index contributed by atoms with van der Waals surface area (Å²) in [5.74, 6) is -0.204. The molecule has 0 radical (unpaired) electrons. The van der Waals surface area contributed by atoms with Gasteiger partial charge >= 0.3 is 0 Å². The highest BCUT2D eigenvalue weighted by molar-refractivity contribution is 6.06. The van der Waals surface area contributed by atoms with E-state index in [2.05, 4.69) is 91.9 Å². The second-order valence-electron chi connectivity index (χ2n) is 11.2. The number of hydrogen-bond donors (Lipinski definition) is 3. The summed E-state index contributed by atoms with van der Waals surface area (Å²) in [6.07, 6.45) is 6.16. The zero-order chi connectivity index (χ0) is 29.1. The van der Waals surface area contributed by atoms with Gasteiger partial charge in [-0.1, -0.05) is 84.4 Å². The number of fused-ring (bicyclic) bond motifs is 8. The van der Waals surface area contributed by atoms with Crippen molar-refractivity contribution in [3.63, 3.8) is 0 Å². The monoisotopic (exact) mass is 555 g/mol. The Labute approximate surface area is 245 Å². The Kier molecular flexibility index (Phi) is 6.10. The van der Waals surface area contributed by atoms with Gasteiger partial charge in [0.1, 0.15) is 5.75 Å². The fraction of sp³-hybridized carbons (Fsp3) is 0.167. The first kappa shape index (κ1) is 26.3. The van der Waals surface area contributed by atoms with Crippen LogP contribution in [-0.2, 0) is 18.4 Å². The molecule has 0 amide bonds. The minimum Gasteiger partial charge on any atom is -0.493 e. The van der Waals surface area contributed by atoms with Gasteiger partial charge in [0.15, 0.2) is 17.1 Å². The number of rotatable bonds is 5. The Morgan fingerprint density at radius 2 is 1.50 bits per heavy atom. The van der Waals surface area contributed by atoms with E-state index in [1.54, 1.807) is 7.11 Å². The highest BCUT2D eigenvalue weighted by Gasteiger charge is 2.40. The van der Waals surface area contributed by atoms with Crippen molar-refractivity contribution in [1.29, 1.82) is 0 Å². The smallest absolute Gasteiger partial charge is 0.271 e. The van der Waals surface area contributed by atoms with Crippen molar-refractivity contribution in [2.45, 2.75) is 31.3 Å². The van der Waals surface area contributed by atoms with Gasteiger partial charge < -0.3 is 14.2 Å². The molecule has 1 unspecified atom stereocenters. The molecule has 0 spiro atoms. The van der Waals surface area contributed by atoms with Crippen molar-refractivity contribution >= 4 is 16.8 Å². The summed E-state index contributed by atoms with van der Waals surface area (Å²) in [5, 5.41) is 2.40. The topological polar surface area (TPSA) is 106 Å². The van der Waals surface area contributed by atoms with E-state index in [4.69, 9.17) is 31.4 Å². The van der Waals surface area contributed by atoms with Crippen molar-refractivity contribution in [3.8, 4) is 28.4 Å². The van der Waals surface area contributed by atoms with Gasteiger partial charge in [0, 0.05) is 22.3 Å². The first-order valence-electron chi connectivity index (χ1n) is 14.1. The third kappa shape index (κ3) is 4.23. The molecular formula is C36H33N3O3. The van der Waals surface area contributed by atoms with Crippen LogP contribution in [0.3, 0.4) is 0 Å². The van der Waals surface area contributed by atoms with E-state index >= 15 is 0 Å². The third-order valence-electron chi connectivity index (χ3n) is 8.35. The molecule has 6 heteroatoms. The van der Waals surface area contributed by atoms with Crippen molar-refractivity contribution in [2.24, 2.45) is 17.2 Å². The second kappa shape index (κ2) is 9.74. The minimum absolute atomic E-state index is 0.325. The molecule has 1 aliphatic carbocycles. The molecule has 5 aromatic rings. The van der Waals surface area contributed by atoms with Gasteiger partial charge in [0.25, 0.3) is 5.97 Å². The zero-order valence-electron chi connectivity index (χ0n) is 23.7. The highest BCUT2D eigenvalue weighted by Crippen LogP contribution is 2.52. The van der Waals surface area contributed by atoms with Gasteiger partial charge in [-0.2, -0.15) is 0 Å². The zero-order valence-corrected chi connectivity index (χ0v) is 23.7. The molecule has 2 aliphatic rings. The standard InChI is InChI=1S/C36H33N3O3/c1-22-11-14-24(15-12-22)35(25-16-18-31(40-2)32(21-25)41-36(37,38)39)20-19-29-27-9-5-6-10-28(27)33-26-8-4-3-7-23(26)13-17-30(33)34(29)42-35/h3-12,14-16,18-21H,13,17,37-39H2,1-2H3. The summed E-state index contributed by atoms with van der Waals surface area (Å²) in [4.78, 5) is 0. The summed E-state index contributed by atoms with van der Waals surface area (Å²) in [5.41, 5.74) is 25.7. The SMILES string of the molecule is COc1ccc(C2(c3ccc(C)cc3)C=Cc3c(c4c(c5ccccc35)-c3ccccc3CC4)O2)cc1OC(N)(N)N. The summed E-state index contributed by atoms with van der Waals surface area (Å²) in [6.45, 7) is 2.08. The highest BCUT2D eigenvalue weighted by atomic mass is 16.6. The fourth-order valence-electron chi connectivity index (χ4n) is 6.42. The molecule has 0 fully saturated rings. The van der Waals surface area contributed by atoms with E-state index in [1.807, 2.05) is 18.2 Å². The summed E-state index contributed by atoms with van der Waals surface area (Å²) in [7, 11) is 1.56. The van der Waals surface area contributed by atoms with Crippen LogP contribution < -0.4 is 31.4 Å². The van der Waals surface area contributed by atoms with Crippen LogP contribution in [0.25, 0.3) is 28.0 Å². The first-order chi connectivity index (χ1) is 20.3. The van der Waals surface area contributed by atoms with E-state index in [-0.39, 0.29) is 0 Å². The first-order valence-corrected chi connectivity index (χ1v) is 14.1. The maximum absolute atomic E-state index is 7.33. The molecule has 42 heavy (non-hydrogen) atoms. The molecule has 5 aromatic carbocycles. The lowest BCUT2D eigenvalue weighted by Crippen LogP contribution is -2.62. The van der Waals surface area contributed by atoms with Gasteiger partial charge in [0.05, 0.1) is 7.11 Å². The Morgan fingerprint density at radius 1 is 0.786 bits per heavy atom. The average molecular weight is 556 g/mol. The number of methoxy groups -OCH3 is 1. The van der Waals surface area contributed by atoms with Crippen LogP contribution in [0.2, 0.25) is 0 Å². The van der Waals surface area contributed by atoms with Crippen LogP contribution in [-0.4, -0.2) is 13.1 Å². The average Bonchev–Trinajstić information content (AvgIpc) is 3.00. The Hall–Kier alpha value is -4.62. The molecule has 7 rings (SSSR count). The van der Waals surface area contributed by atoms with Crippen LogP contribution in [0, 0.1) is 6.92 Å². The summed E-state index contributed by atoms with van der Waals surface area (Å²) >= 11 is 0. The van der Waals surface area contributed by atoms with E-state index in [1.165, 1.54) is 27.6 Å². The molecular weight excluding hydrogens is 522 g/mol. The summed E-state index contributed by atoms with van der Waals surface area (Å²) in [6, 6.07) is 31.4. The molecule has 0 aromatic heterocycles. The maximum atomic E-state index is 7.33. The number of ether oxygens (including phenoxy) is 3. The lowest BCUT2D eigenvalue weighted by molar-refractivity contribution is 0.0852. The predicted molar refractivity (Wildman–Crippen MR) is 167 cm³/mol. The van der Waals surface area contributed by atoms with E-state index in [9.17, 15) is 0 Å². The molecule has 210 valence electrons.